The summed E-state index contributed by atoms with van der Waals surface area (Å²) in [5.41, 5.74) is 0.906. The van der Waals surface area contributed by atoms with Gasteiger partial charge in [-0.2, -0.15) is 0 Å². The number of amides is 1. The Balaban J connectivity index is 1.74. The summed E-state index contributed by atoms with van der Waals surface area (Å²) in [4.78, 5) is 22.3. The molecule has 0 saturated carbocycles. The maximum atomic E-state index is 11.5. The Labute approximate surface area is 110 Å². The van der Waals surface area contributed by atoms with E-state index in [1.54, 1.807) is 12.2 Å². The predicted molar refractivity (Wildman–Crippen MR) is 68.4 cm³/mol. The average molecular weight is 261 g/mol. The molecule has 0 saturated heterocycles. The minimum absolute atomic E-state index is 0.200. The van der Waals surface area contributed by atoms with Crippen LogP contribution in [0.3, 0.4) is 0 Å². The van der Waals surface area contributed by atoms with E-state index >= 15 is 0 Å². The van der Waals surface area contributed by atoms with Crippen molar-refractivity contribution in [3.05, 3.63) is 48.0 Å². The quantitative estimate of drug-likeness (QED) is 0.812. The Morgan fingerprint density at radius 3 is 2.63 bits per heavy atom. The molecule has 100 valence electrons. The zero-order valence-corrected chi connectivity index (χ0v) is 10.3. The molecule has 2 atom stereocenters. The van der Waals surface area contributed by atoms with Crippen molar-refractivity contribution < 1.29 is 19.4 Å². The molecular weight excluding hydrogens is 246 g/mol. The molecule has 1 aromatic rings. The third-order valence-corrected chi connectivity index (χ3v) is 2.92. The number of nitrogens with one attached hydrogen (secondary N) is 1. The predicted octanol–water partition coefficient (Wildman–Crippen LogP) is 1.94. The van der Waals surface area contributed by atoms with Gasteiger partial charge in [0.25, 0.3) is 0 Å². The van der Waals surface area contributed by atoms with Crippen LogP contribution >= 0.6 is 0 Å². The number of carbonyl (C=O) groups excluding carboxylic acids is 1. The molecule has 1 amide bonds. The van der Waals surface area contributed by atoms with Crippen molar-refractivity contribution in [2.24, 2.45) is 5.92 Å². The summed E-state index contributed by atoms with van der Waals surface area (Å²) in [7, 11) is 0. The monoisotopic (exact) mass is 261 g/mol. The molecule has 2 N–H and O–H groups in total. The van der Waals surface area contributed by atoms with Crippen LogP contribution in [0.15, 0.2) is 42.5 Å². The van der Waals surface area contributed by atoms with E-state index in [0.717, 1.165) is 5.56 Å². The highest BCUT2D eigenvalue weighted by atomic mass is 16.5. The minimum atomic E-state index is -0.877. The average Bonchev–Trinajstić information content (AvgIpc) is 2.86. The summed E-state index contributed by atoms with van der Waals surface area (Å²) in [5.74, 6) is -1.40. The van der Waals surface area contributed by atoms with Gasteiger partial charge in [0.1, 0.15) is 6.61 Å². The summed E-state index contributed by atoms with van der Waals surface area (Å²) in [6.07, 6.45) is 3.10. The molecule has 1 aromatic carbocycles. The van der Waals surface area contributed by atoms with E-state index < -0.39 is 18.0 Å². The fraction of sp³-hybridized carbons (Fsp3) is 0.286. The zero-order chi connectivity index (χ0) is 13.7. The van der Waals surface area contributed by atoms with E-state index in [4.69, 9.17) is 9.84 Å². The van der Waals surface area contributed by atoms with Crippen molar-refractivity contribution in [2.75, 3.05) is 0 Å². The topological polar surface area (TPSA) is 75.6 Å². The summed E-state index contributed by atoms with van der Waals surface area (Å²) >= 11 is 0. The Hall–Kier alpha value is -2.30. The lowest BCUT2D eigenvalue weighted by molar-refractivity contribution is -0.140. The number of hydrogen-bond donors (Lipinski definition) is 2. The van der Waals surface area contributed by atoms with Gasteiger partial charge in [-0.15, -0.1) is 0 Å². The van der Waals surface area contributed by atoms with Gasteiger partial charge in [0, 0.05) is 0 Å². The first-order valence-corrected chi connectivity index (χ1v) is 6.03. The summed E-state index contributed by atoms with van der Waals surface area (Å²) in [6.45, 7) is 0.200. The molecule has 5 nitrogen and oxygen atoms in total. The molecule has 2 rings (SSSR count). The van der Waals surface area contributed by atoms with Gasteiger partial charge in [-0.3, -0.25) is 4.79 Å². The van der Waals surface area contributed by atoms with E-state index in [1.807, 2.05) is 30.3 Å². The summed E-state index contributed by atoms with van der Waals surface area (Å²) in [5, 5.41) is 11.4. The van der Waals surface area contributed by atoms with Crippen LogP contribution in [0.4, 0.5) is 4.79 Å². The lowest BCUT2D eigenvalue weighted by Crippen LogP contribution is -2.33. The second kappa shape index (κ2) is 6.04. The van der Waals surface area contributed by atoms with Crippen LogP contribution in [0, 0.1) is 5.92 Å². The SMILES string of the molecule is O=C(NC1C=CC(C(=O)O)C1)OCc1ccccc1. The van der Waals surface area contributed by atoms with E-state index in [9.17, 15) is 9.59 Å². The minimum Gasteiger partial charge on any atom is -0.481 e. The third kappa shape index (κ3) is 3.84. The van der Waals surface area contributed by atoms with Gasteiger partial charge in [0.2, 0.25) is 0 Å². The maximum absolute atomic E-state index is 11.5. The fourth-order valence-corrected chi connectivity index (χ4v) is 1.91. The third-order valence-electron chi connectivity index (χ3n) is 2.92. The van der Waals surface area contributed by atoms with Crippen molar-refractivity contribution in [1.29, 1.82) is 0 Å². The molecule has 0 spiro atoms. The van der Waals surface area contributed by atoms with Gasteiger partial charge in [0.05, 0.1) is 12.0 Å². The molecule has 0 fully saturated rings. The first-order chi connectivity index (χ1) is 9.15. The van der Waals surface area contributed by atoms with Crippen LogP contribution in [0.2, 0.25) is 0 Å². The van der Waals surface area contributed by atoms with Gasteiger partial charge in [-0.25, -0.2) is 4.79 Å². The lowest BCUT2D eigenvalue weighted by Gasteiger charge is -2.12. The van der Waals surface area contributed by atoms with Crippen molar-refractivity contribution in [2.45, 2.75) is 19.1 Å². The van der Waals surface area contributed by atoms with Gasteiger partial charge in [-0.1, -0.05) is 42.5 Å². The largest absolute Gasteiger partial charge is 0.481 e. The maximum Gasteiger partial charge on any atom is 0.407 e. The van der Waals surface area contributed by atoms with Gasteiger partial charge in [0.15, 0.2) is 0 Å². The van der Waals surface area contributed by atoms with Crippen molar-refractivity contribution in [3.63, 3.8) is 0 Å². The van der Waals surface area contributed by atoms with Crippen molar-refractivity contribution in [1.82, 2.24) is 5.32 Å². The molecule has 5 heteroatoms. The normalized spacial score (nSPS) is 21.1. The van der Waals surface area contributed by atoms with Gasteiger partial charge in [-0.05, 0) is 12.0 Å². The molecule has 0 aliphatic heterocycles. The Bertz CT molecular complexity index is 483. The van der Waals surface area contributed by atoms with Crippen LogP contribution in [0.1, 0.15) is 12.0 Å². The smallest absolute Gasteiger partial charge is 0.407 e. The van der Waals surface area contributed by atoms with Crippen LogP contribution in [0.25, 0.3) is 0 Å². The Morgan fingerprint density at radius 1 is 1.26 bits per heavy atom. The van der Waals surface area contributed by atoms with Gasteiger partial charge < -0.3 is 15.2 Å². The first-order valence-electron chi connectivity index (χ1n) is 6.03. The Kier molecular flexibility index (Phi) is 4.18. The zero-order valence-electron chi connectivity index (χ0n) is 10.3. The molecule has 0 heterocycles. The second-order valence-corrected chi connectivity index (χ2v) is 4.38. The van der Waals surface area contributed by atoms with E-state index in [0.29, 0.717) is 6.42 Å². The van der Waals surface area contributed by atoms with Crippen LogP contribution in [-0.2, 0) is 16.1 Å². The molecule has 1 aliphatic rings. The standard InChI is InChI=1S/C14H15NO4/c16-13(17)11-6-7-12(8-11)15-14(18)19-9-10-4-2-1-3-5-10/h1-7,11-12H,8-9H2,(H,15,18)(H,16,17). The highest BCUT2D eigenvalue weighted by molar-refractivity contribution is 5.74. The van der Waals surface area contributed by atoms with Crippen molar-refractivity contribution >= 4 is 12.1 Å². The molecule has 0 radical (unpaired) electrons. The molecule has 19 heavy (non-hydrogen) atoms. The lowest BCUT2D eigenvalue weighted by atomic mass is 10.1. The number of hydrogen-bond acceptors (Lipinski definition) is 3. The second-order valence-electron chi connectivity index (χ2n) is 4.38. The number of rotatable bonds is 4. The van der Waals surface area contributed by atoms with Crippen molar-refractivity contribution in [3.8, 4) is 0 Å². The number of carboxylic acid groups (broad SMARTS) is 1. The molecule has 0 bridgehead atoms. The van der Waals surface area contributed by atoms with E-state index in [1.165, 1.54) is 0 Å². The number of aliphatic carboxylic acids is 1. The fourth-order valence-electron chi connectivity index (χ4n) is 1.91. The number of alkyl carbamates (subject to hydrolysis) is 1. The summed E-state index contributed by atoms with van der Waals surface area (Å²) < 4.78 is 5.05. The molecular formula is C14H15NO4. The van der Waals surface area contributed by atoms with Crippen LogP contribution in [0.5, 0.6) is 0 Å². The van der Waals surface area contributed by atoms with E-state index in [2.05, 4.69) is 5.32 Å². The first kappa shape index (κ1) is 13.1. The van der Waals surface area contributed by atoms with Crippen LogP contribution < -0.4 is 5.32 Å². The number of ether oxygens (including phenoxy) is 1. The summed E-state index contributed by atoms with van der Waals surface area (Å²) in [6, 6.07) is 9.08. The highest BCUT2D eigenvalue weighted by Crippen LogP contribution is 2.18. The highest BCUT2D eigenvalue weighted by Gasteiger charge is 2.25. The number of benzene rings is 1. The number of carboxylic acids is 1. The van der Waals surface area contributed by atoms with Crippen LogP contribution in [-0.4, -0.2) is 23.2 Å². The van der Waals surface area contributed by atoms with Gasteiger partial charge >= 0.3 is 12.1 Å². The van der Waals surface area contributed by atoms with E-state index in [-0.39, 0.29) is 12.6 Å². The molecule has 1 aliphatic carbocycles. The molecule has 2 unspecified atom stereocenters. The Morgan fingerprint density at radius 2 is 2.00 bits per heavy atom. The number of carbonyl (C=O) groups is 2. The molecule has 0 aromatic heterocycles.